The van der Waals surface area contributed by atoms with Gasteiger partial charge in [0.15, 0.2) is 0 Å². The molecule has 17 heavy (non-hydrogen) atoms. The van der Waals surface area contributed by atoms with Gasteiger partial charge < -0.3 is 9.47 Å². The van der Waals surface area contributed by atoms with Crippen LogP contribution in [0.4, 0.5) is 0 Å². The van der Waals surface area contributed by atoms with E-state index in [4.69, 9.17) is 9.47 Å². The van der Waals surface area contributed by atoms with Gasteiger partial charge in [-0.25, -0.2) is 4.79 Å². The van der Waals surface area contributed by atoms with E-state index in [1.165, 1.54) is 5.56 Å². The monoisotopic (exact) mass is 234 g/mol. The zero-order valence-corrected chi connectivity index (χ0v) is 10.3. The van der Waals surface area contributed by atoms with Gasteiger partial charge >= 0.3 is 5.97 Å². The van der Waals surface area contributed by atoms with Crippen LogP contribution < -0.4 is 4.74 Å². The number of carbonyl (C=O) groups excluding carboxylic acids is 1. The molecule has 1 rings (SSSR count). The molecule has 1 aromatic rings. The molecular weight excluding hydrogens is 216 g/mol. The summed E-state index contributed by atoms with van der Waals surface area (Å²) in [6.07, 6.45) is 2.68. The molecular formula is C14H18O3. The van der Waals surface area contributed by atoms with Crippen LogP contribution in [0, 0.1) is 0 Å². The number of ether oxygens (including phenoxy) is 2. The van der Waals surface area contributed by atoms with Crippen molar-refractivity contribution in [3.05, 3.63) is 42.5 Å². The van der Waals surface area contributed by atoms with E-state index in [0.29, 0.717) is 5.75 Å². The van der Waals surface area contributed by atoms with Crippen LogP contribution in [0.25, 0.3) is 0 Å². The lowest BCUT2D eigenvalue weighted by molar-refractivity contribution is -0.154. The second-order valence-electron chi connectivity index (χ2n) is 3.72. The van der Waals surface area contributed by atoms with E-state index in [9.17, 15) is 4.79 Å². The number of rotatable bonds is 6. The van der Waals surface area contributed by atoms with E-state index < -0.39 is 12.3 Å². The third kappa shape index (κ3) is 4.72. The van der Waals surface area contributed by atoms with Crippen molar-refractivity contribution in [2.24, 2.45) is 0 Å². The minimum atomic E-state index is -0.613. The lowest BCUT2D eigenvalue weighted by atomic mass is 10.1. The normalized spacial score (nSPS) is 11.6. The first-order chi connectivity index (χ1) is 8.15. The highest BCUT2D eigenvalue weighted by Crippen LogP contribution is 2.15. The molecule has 1 aromatic carbocycles. The summed E-state index contributed by atoms with van der Waals surface area (Å²) < 4.78 is 10.3. The van der Waals surface area contributed by atoms with Crippen LogP contribution in [0.2, 0.25) is 0 Å². The van der Waals surface area contributed by atoms with E-state index in [-0.39, 0.29) is 0 Å². The van der Waals surface area contributed by atoms with Crippen LogP contribution in [-0.4, -0.2) is 12.3 Å². The maximum atomic E-state index is 10.9. The predicted molar refractivity (Wildman–Crippen MR) is 66.8 cm³/mol. The molecule has 0 spiro atoms. The molecule has 0 bridgehead atoms. The second-order valence-corrected chi connectivity index (χ2v) is 3.72. The average Bonchev–Trinajstić information content (AvgIpc) is 2.31. The van der Waals surface area contributed by atoms with Crippen LogP contribution in [0.3, 0.4) is 0 Å². The smallest absolute Gasteiger partial charge is 0.333 e. The highest BCUT2D eigenvalue weighted by molar-refractivity contribution is 5.81. The molecule has 0 saturated heterocycles. The number of hydrogen-bond acceptors (Lipinski definition) is 3. The lowest BCUT2D eigenvalue weighted by Crippen LogP contribution is -2.19. The SMILES string of the molecule is C=CC(=O)OC(C)Oc1ccc(CCC)cc1. The number of hydrogen-bond donors (Lipinski definition) is 0. The van der Waals surface area contributed by atoms with E-state index in [0.717, 1.165) is 18.9 Å². The Morgan fingerprint density at radius 2 is 2.06 bits per heavy atom. The molecule has 1 unspecified atom stereocenters. The largest absolute Gasteiger partial charge is 0.455 e. The maximum absolute atomic E-state index is 10.9. The van der Waals surface area contributed by atoms with Crippen molar-refractivity contribution in [2.45, 2.75) is 33.0 Å². The number of carbonyl (C=O) groups is 1. The van der Waals surface area contributed by atoms with Crippen LogP contribution in [-0.2, 0) is 16.0 Å². The van der Waals surface area contributed by atoms with Gasteiger partial charge in [-0.3, -0.25) is 0 Å². The first-order valence-electron chi connectivity index (χ1n) is 5.74. The summed E-state index contributed by atoms with van der Waals surface area (Å²) in [5.41, 5.74) is 1.27. The molecule has 0 N–H and O–H groups in total. The van der Waals surface area contributed by atoms with Gasteiger partial charge in [0, 0.05) is 13.0 Å². The second kappa shape index (κ2) is 6.74. The molecule has 0 aliphatic heterocycles. The molecule has 0 radical (unpaired) electrons. The molecule has 0 saturated carbocycles. The Bertz CT molecular complexity index is 368. The molecule has 0 aliphatic carbocycles. The molecule has 0 aromatic heterocycles. The molecule has 92 valence electrons. The van der Waals surface area contributed by atoms with Crippen molar-refractivity contribution in [3.8, 4) is 5.75 Å². The van der Waals surface area contributed by atoms with Gasteiger partial charge in [-0.15, -0.1) is 0 Å². The molecule has 3 nitrogen and oxygen atoms in total. The zero-order chi connectivity index (χ0) is 12.7. The Morgan fingerprint density at radius 1 is 1.41 bits per heavy atom. The topological polar surface area (TPSA) is 35.5 Å². The van der Waals surface area contributed by atoms with Crippen molar-refractivity contribution in [3.63, 3.8) is 0 Å². The number of esters is 1. The Morgan fingerprint density at radius 3 is 2.59 bits per heavy atom. The van der Waals surface area contributed by atoms with Crippen molar-refractivity contribution in [1.29, 1.82) is 0 Å². The van der Waals surface area contributed by atoms with Gasteiger partial charge in [0.05, 0.1) is 0 Å². The van der Waals surface area contributed by atoms with E-state index in [1.54, 1.807) is 6.92 Å². The zero-order valence-electron chi connectivity index (χ0n) is 10.3. The van der Waals surface area contributed by atoms with Gasteiger partial charge in [0.2, 0.25) is 6.29 Å². The van der Waals surface area contributed by atoms with E-state index >= 15 is 0 Å². The number of aryl methyl sites for hydroxylation is 1. The Kier molecular flexibility index (Phi) is 5.27. The summed E-state index contributed by atoms with van der Waals surface area (Å²) in [5, 5.41) is 0. The Labute approximate surface area is 102 Å². The highest BCUT2D eigenvalue weighted by Gasteiger charge is 2.07. The number of benzene rings is 1. The summed E-state index contributed by atoms with van der Waals surface area (Å²) in [4.78, 5) is 10.9. The Balaban J connectivity index is 2.50. The van der Waals surface area contributed by atoms with Gasteiger partial charge in [0.25, 0.3) is 0 Å². The average molecular weight is 234 g/mol. The van der Waals surface area contributed by atoms with Gasteiger partial charge in [-0.2, -0.15) is 0 Å². The quantitative estimate of drug-likeness (QED) is 0.431. The van der Waals surface area contributed by atoms with Gasteiger partial charge in [-0.1, -0.05) is 32.1 Å². The van der Waals surface area contributed by atoms with Crippen molar-refractivity contribution in [2.75, 3.05) is 0 Å². The van der Waals surface area contributed by atoms with Crippen molar-refractivity contribution in [1.82, 2.24) is 0 Å². The molecule has 1 atom stereocenters. The highest BCUT2D eigenvalue weighted by atomic mass is 16.7. The summed E-state index contributed by atoms with van der Waals surface area (Å²) in [6, 6.07) is 7.79. The first kappa shape index (κ1) is 13.3. The minimum absolute atomic E-state index is 0.486. The summed E-state index contributed by atoms with van der Waals surface area (Å²) in [6.45, 7) is 7.13. The maximum Gasteiger partial charge on any atom is 0.333 e. The fraction of sp³-hybridized carbons (Fsp3) is 0.357. The minimum Gasteiger partial charge on any atom is -0.455 e. The first-order valence-corrected chi connectivity index (χ1v) is 5.74. The van der Waals surface area contributed by atoms with Crippen LogP contribution in [0.5, 0.6) is 5.75 Å². The third-order valence-electron chi connectivity index (χ3n) is 2.21. The Hall–Kier alpha value is -1.77. The third-order valence-corrected chi connectivity index (χ3v) is 2.21. The lowest BCUT2D eigenvalue weighted by Gasteiger charge is -2.14. The predicted octanol–water partition coefficient (Wildman–Crippen LogP) is 3.09. The van der Waals surface area contributed by atoms with Crippen LogP contribution in [0.15, 0.2) is 36.9 Å². The fourth-order valence-electron chi connectivity index (χ4n) is 1.45. The molecule has 0 fully saturated rings. The molecule has 0 heterocycles. The van der Waals surface area contributed by atoms with Crippen molar-refractivity contribution < 1.29 is 14.3 Å². The van der Waals surface area contributed by atoms with Gasteiger partial charge in [0.1, 0.15) is 5.75 Å². The summed E-state index contributed by atoms with van der Waals surface area (Å²) in [5.74, 6) is 0.203. The van der Waals surface area contributed by atoms with Crippen molar-refractivity contribution >= 4 is 5.97 Å². The van der Waals surface area contributed by atoms with E-state index in [2.05, 4.69) is 13.5 Å². The summed E-state index contributed by atoms with van der Waals surface area (Å²) in [7, 11) is 0. The standard InChI is InChI=1S/C14H18O3/c1-4-6-12-7-9-13(10-8-12)16-11(3)17-14(15)5-2/h5,7-11H,2,4,6H2,1,3H3. The van der Waals surface area contributed by atoms with E-state index in [1.807, 2.05) is 24.3 Å². The fourth-order valence-corrected chi connectivity index (χ4v) is 1.45. The molecule has 0 aliphatic rings. The summed E-state index contributed by atoms with van der Waals surface area (Å²) >= 11 is 0. The van der Waals surface area contributed by atoms with Crippen LogP contribution in [0.1, 0.15) is 25.8 Å². The van der Waals surface area contributed by atoms with Gasteiger partial charge in [-0.05, 0) is 24.1 Å². The molecule has 0 amide bonds. The molecule has 3 heteroatoms. The van der Waals surface area contributed by atoms with Crippen LogP contribution >= 0.6 is 0 Å².